The van der Waals surface area contributed by atoms with Gasteiger partial charge >= 0.3 is 0 Å². The minimum Gasteiger partial charge on any atom is -0.352 e. The molecule has 28 heavy (non-hydrogen) atoms. The summed E-state index contributed by atoms with van der Waals surface area (Å²) < 4.78 is 0. The summed E-state index contributed by atoms with van der Waals surface area (Å²) in [4.78, 5) is 28.2. The van der Waals surface area contributed by atoms with Crippen molar-refractivity contribution in [2.24, 2.45) is 0 Å². The number of thioether (sulfide) groups is 1. The Bertz CT molecular complexity index is 760. The molecular formula is C23H30N2O2S. The number of nitrogens with zero attached hydrogens (tertiary/aromatic N) is 1. The van der Waals surface area contributed by atoms with Crippen molar-refractivity contribution in [3.8, 4) is 0 Å². The number of carbonyl (C=O) groups is 2. The maximum atomic E-state index is 13.0. The van der Waals surface area contributed by atoms with Gasteiger partial charge in [0.05, 0.1) is 5.75 Å². The van der Waals surface area contributed by atoms with Crippen molar-refractivity contribution in [1.29, 1.82) is 0 Å². The lowest BCUT2D eigenvalue weighted by Crippen LogP contribution is -2.50. The maximum Gasteiger partial charge on any atom is 0.242 e. The molecule has 0 aliphatic heterocycles. The maximum absolute atomic E-state index is 13.0. The van der Waals surface area contributed by atoms with E-state index < -0.39 is 6.04 Å². The van der Waals surface area contributed by atoms with Crippen LogP contribution in [0.5, 0.6) is 0 Å². The molecule has 0 saturated carbocycles. The Hall–Kier alpha value is -2.27. The first kappa shape index (κ1) is 22.0. The van der Waals surface area contributed by atoms with Gasteiger partial charge in [-0.1, -0.05) is 48.0 Å². The van der Waals surface area contributed by atoms with E-state index in [9.17, 15) is 9.59 Å². The van der Waals surface area contributed by atoms with E-state index >= 15 is 0 Å². The van der Waals surface area contributed by atoms with Gasteiger partial charge in [-0.3, -0.25) is 9.59 Å². The van der Waals surface area contributed by atoms with Gasteiger partial charge in [0.15, 0.2) is 0 Å². The fourth-order valence-electron chi connectivity index (χ4n) is 2.84. The first-order chi connectivity index (χ1) is 13.4. The zero-order chi connectivity index (χ0) is 20.5. The molecule has 0 fully saturated rings. The summed E-state index contributed by atoms with van der Waals surface area (Å²) in [5.41, 5.74) is 2.35. The van der Waals surface area contributed by atoms with Gasteiger partial charge in [0, 0.05) is 17.5 Å². The highest BCUT2D eigenvalue weighted by Gasteiger charge is 2.26. The van der Waals surface area contributed by atoms with Crippen molar-refractivity contribution < 1.29 is 9.59 Å². The van der Waals surface area contributed by atoms with Crippen molar-refractivity contribution in [2.45, 2.75) is 51.1 Å². The number of amides is 2. The number of carbonyl (C=O) groups excluding carboxylic acids is 2. The number of aryl methyl sites for hydroxylation is 1. The molecule has 0 bridgehead atoms. The van der Waals surface area contributed by atoms with Gasteiger partial charge in [-0.2, -0.15) is 0 Å². The van der Waals surface area contributed by atoms with Gasteiger partial charge in [-0.25, -0.2) is 0 Å². The molecule has 0 spiro atoms. The molecule has 0 heterocycles. The van der Waals surface area contributed by atoms with Crippen LogP contribution in [-0.2, 0) is 16.0 Å². The predicted octanol–water partition coefficient (Wildman–Crippen LogP) is 4.07. The second-order valence-corrected chi connectivity index (χ2v) is 8.31. The Morgan fingerprint density at radius 2 is 1.64 bits per heavy atom. The smallest absolute Gasteiger partial charge is 0.242 e. The van der Waals surface area contributed by atoms with Gasteiger partial charge < -0.3 is 10.2 Å². The van der Waals surface area contributed by atoms with Crippen LogP contribution in [0.25, 0.3) is 0 Å². The molecule has 1 atom stereocenters. The first-order valence-electron chi connectivity index (χ1n) is 9.70. The third-order valence-corrected chi connectivity index (χ3v) is 5.46. The van der Waals surface area contributed by atoms with E-state index in [0.29, 0.717) is 12.3 Å². The number of hydrogen-bond acceptors (Lipinski definition) is 3. The lowest BCUT2D eigenvalue weighted by atomic mass is 10.1. The molecule has 0 radical (unpaired) electrons. The topological polar surface area (TPSA) is 49.4 Å². The molecule has 1 N–H and O–H groups in total. The first-order valence-corrected chi connectivity index (χ1v) is 10.7. The molecule has 2 aromatic rings. The van der Waals surface area contributed by atoms with Crippen LogP contribution in [0.1, 0.15) is 31.9 Å². The van der Waals surface area contributed by atoms with Crippen molar-refractivity contribution in [1.82, 2.24) is 10.2 Å². The van der Waals surface area contributed by atoms with Crippen molar-refractivity contribution in [3.63, 3.8) is 0 Å². The van der Waals surface area contributed by atoms with Gasteiger partial charge in [-0.05, 0) is 51.8 Å². The summed E-state index contributed by atoms with van der Waals surface area (Å²) in [6.07, 6.45) is 0.723. The zero-order valence-corrected chi connectivity index (χ0v) is 18.0. The van der Waals surface area contributed by atoms with E-state index in [0.717, 1.165) is 16.9 Å². The molecule has 2 aromatic carbocycles. The second-order valence-electron chi connectivity index (χ2n) is 7.26. The van der Waals surface area contributed by atoms with Crippen LogP contribution in [0.4, 0.5) is 0 Å². The SMILES string of the molecule is Cc1ccc(SCC(=O)N(CCc2ccccc2)[C@@H](C)C(=O)NC(C)C)cc1. The van der Waals surface area contributed by atoms with E-state index in [1.807, 2.05) is 75.4 Å². The fourth-order valence-corrected chi connectivity index (χ4v) is 3.62. The van der Waals surface area contributed by atoms with Crippen LogP contribution >= 0.6 is 11.8 Å². The number of rotatable bonds is 9. The van der Waals surface area contributed by atoms with Crippen molar-refractivity contribution >= 4 is 23.6 Å². The van der Waals surface area contributed by atoms with Crippen molar-refractivity contribution in [3.05, 3.63) is 65.7 Å². The van der Waals surface area contributed by atoms with E-state index in [-0.39, 0.29) is 17.9 Å². The second kappa shape index (κ2) is 10.9. The third-order valence-electron chi connectivity index (χ3n) is 4.47. The lowest BCUT2D eigenvalue weighted by Gasteiger charge is -2.29. The molecule has 4 nitrogen and oxygen atoms in total. The van der Waals surface area contributed by atoms with E-state index in [4.69, 9.17) is 0 Å². The van der Waals surface area contributed by atoms with Crippen LogP contribution < -0.4 is 5.32 Å². The van der Waals surface area contributed by atoms with E-state index in [1.54, 1.807) is 11.8 Å². The van der Waals surface area contributed by atoms with Crippen LogP contribution in [0.15, 0.2) is 59.5 Å². The quantitative estimate of drug-likeness (QED) is 0.648. The average Bonchev–Trinajstić information content (AvgIpc) is 2.67. The highest BCUT2D eigenvalue weighted by Crippen LogP contribution is 2.19. The predicted molar refractivity (Wildman–Crippen MR) is 117 cm³/mol. The molecule has 2 rings (SSSR count). The van der Waals surface area contributed by atoms with Crippen LogP contribution in [0, 0.1) is 6.92 Å². The molecule has 0 aliphatic carbocycles. The fraction of sp³-hybridized carbons (Fsp3) is 0.391. The Kier molecular flexibility index (Phi) is 8.58. The molecular weight excluding hydrogens is 368 g/mol. The van der Waals surface area contributed by atoms with Gasteiger partial charge in [0.25, 0.3) is 0 Å². The molecule has 0 unspecified atom stereocenters. The minimum absolute atomic E-state index is 0.0205. The summed E-state index contributed by atoms with van der Waals surface area (Å²) in [6, 6.07) is 17.7. The monoisotopic (exact) mass is 398 g/mol. The van der Waals surface area contributed by atoms with Gasteiger partial charge in [0.2, 0.25) is 11.8 Å². The van der Waals surface area contributed by atoms with Gasteiger partial charge in [0.1, 0.15) is 6.04 Å². The molecule has 150 valence electrons. The molecule has 0 aliphatic rings. The number of hydrogen-bond donors (Lipinski definition) is 1. The number of benzene rings is 2. The highest BCUT2D eigenvalue weighted by molar-refractivity contribution is 8.00. The molecule has 2 amide bonds. The third kappa shape index (κ3) is 7.04. The summed E-state index contributed by atoms with van der Waals surface area (Å²) in [7, 11) is 0. The summed E-state index contributed by atoms with van der Waals surface area (Å²) in [5, 5.41) is 2.92. The summed E-state index contributed by atoms with van der Waals surface area (Å²) in [6.45, 7) is 8.21. The van der Waals surface area contributed by atoms with Crippen LogP contribution in [0.2, 0.25) is 0 Å². The Morgan fingerprint density at radius 3 is 2.25 bits per heavy atom. The molecule has 5 heteroatoms. The Balaban J connectivity index is 2.05. The largest absolute Gasteiger partial charge is 0.352 e. The molecule has 0 saturated heterocycles. The van der Waals surface area contributed by atoms with Gasteiger partial charge in [-0.15, -0.1) is 11.8 Å². The summed E-state index contributed by atoms with van der Waals surface area (Å²) >= 11 is 1.51. The van der Waals surface area contributed by atoms with Crippen LogP contribution in [-0.4, -0.2) is 41.1 Å². The minimum atomic E-state index is -0.503. The van der Waals surface area contributed by atoms with E-state index in [2.05, 4.69) is 5.32 Å². The van der Waals surface area contributed by atoms with Crippen LogP contribution in [0.3, 0.4) is 0 Å². The Morgan fingerprint density at radius 1 is 1.00 bits per heavy atom. The highest BCUT2D eigenvalue weighted by atomic mass is 32.2. The van der Waals surface area contributed by atoms with E-state index in [1.165, 1.54) is 17.3 Å². The number of nitrogens with one attached hydrogen (secondary N) is 1. The normalized spacial score (nSPS) is 11.9. The molecule has 0 aromatic heterocycles. The standard InChI is InChI=1S/C23H30N2O2S/c1-17(2)24-23(27)19(4)25(15-14-20-8-6-5-7-9-20)22(26)16-28-21-12-10-18(3)11-13-21/h5-13,17,19H,14-16H2,1-4H3,(H,24,27)/t19-/m0/s1. The zero-order valence-electron chi connectivity index (χ0n) is 17.1. The summed E-state index contributed by atoms with van der Waals surface area (Å²) in [5.74, 6) is 0.182. The lowest BCUT2D eigenvalue weighted by molar-refractivity contribution is -0.138. The van der Waals surface area contributed by atoms with Crippen molar-refractivity contribution in [2.75, 3.05) is 12.3 Å². The Labute approximate surface area is 172 Å². The average molecular weight is 399 g/mol.